The first kappa shape index (κ1) is 42.9. The van der Waals surface area contributed by atoms with Crippen LogP contribution in [0.15, 0.2) is 11.6 Å². The van der Waals surface area contributed by atoms with E-state index >= 15 is 0 Å². The van der Waals surface area contributed by atoms with Gasteiger partial charge in [0.15, 0.2) is 18.9 Å². The third kappa shape index (κ3) is 6.82. The van der Waals surface area contributed by atoms with E-state index < -0.39 is 115 Å². The monoisotopic (exact) mass is 828 g/mol. The molecule has 0 aromatic rings. The molecule has 0 bridgehead atoms. The molecule has 0 aromatic carbocycles. The summed E-state index contributed by atoms with van der Waals surface area (Å²) >= 11 is 0. The Morgan fingerprint density at radius 1 is 0.845 bits per heavy atom. The molecule has 0 spiro atoms. The van der Waals surface area contributed by atoms with Crippen molar-refractivity contribution in [3.05, 3.63) is 11.6 Å². The number of aliphatic hydroxyl groups excluding tert-OH is 7. The van der Waals surface area contributed by atoms with E-state index in [1.807, 2.05) is 0 Å². The minimum Gasteiger partial charge on any atom is -0.458 e. The van der Waals surface area contributed by atoms with Crippen LogP contribution in [0.25, 0.3) is 0 Å². The van der Waals surface area contributed by atoms with E-state index in [4.69, 9.17) is 33.2 Å². The van der Waals surface area contributed by atoms with Crippen LogP contribution in [0.5, 0.6) is 0 Å². The molecule has 4 saturated carbocycles. The van der Waals surface area contributed by atoms with Crippen LogP contribution in [-0.2, 0) is 42.7 Å². The Morgan fingerprint density at radius 2 is 1.59 bits per heavy atom. The van der Waals surface area contributed by atoms with Crippen molar-refractivity contribution in [1.82, 2.24) is 0 Å². The summed E-state index contributed by atoms with van der Waals surface area (Å²) in [6.45, 7) is 2.96. The molecule has 3 saturated heterocycles. The third-order valence-corrected chi connectivity index (χ3v) is 15.7. The SMILES string of the molecule is C[C@H]1O[C@@H](O[C@H]2CC[C@]3(C=O)[C@H]4CC[C@]5(C)[C@@H](C6=CC(=O)OC6)CC[C@]5(O)[C@@H]4CC[C@]3(O)C2)C[C@H](O)[C@@H]1O[C@@H]1OC[C@@H](O[C@@H]2O[C@H](CO)[C@@H](O)[C@H](O)[C@H]2O)[C@H](O)[C@H]1O. The normalized spacial score (nSPS) is 54.5. The molecular weight excluding hydrogens is 768 g/mol. The lowest BCUT2D eigenvalue weighted by molar-refractivity contribution is -0.357. The van der Waals surface area contributed by atoms with Gasteiger partial charge < -0.3 is 83.9 Å². The van der Waals surface area contributed by atoms with Crippen molar-refractivity contribution >= 4 is 12.3 Å². The molecule has 0 amide bonds. The van der Waals surface area contributed by atoms with E-state index in [0.717, 1.165) is 18.3 Å². The number of cyclic esters (lactones) is 1. The van der Waals surface area contributed by atoms with Gasteiger partial charge in [-0.2, -0.15) is 0 Å². The van der Waals surface area contributed by atoms with Crippen LogP contribution in [0.1, 0.15) is 78.1 Å². The lowest BCUT2D eigenvalue weighted by atomic mass is 9.41. The van der Waals surface area contributed by atoms with Crippen molar-refractivity contribution in [2.45, 2.75) is 175 Å². The van der Waals surface area contributed by atoms with E-state index in [1.165, 1.54) is 0 Å². The molecule has 18 heteroatoms. The quantitative estimate of drug-likeness (QED) is 0.0695. The maximum absolute atomic E-state index is 13.2. The summed E-state index contributed by atoms with van der Waals surface area (Å²) in [7, 11) is 0. The summed E-state index contributed by atoms with van der Waals surface area (Å²) in [4.78, 5) is 25.2. The van der Waals surface area contributed by atoms with E-state index in [9.17, 15) is 55.5 Å². The molecule has 21 atom stereocenters. The first-order valence-electron chi connectivity index (χ1n) is 20.9. The highest BCUT2D eigenvalue weighted by Gasteiger charge is 2.71. The van der Waals surface area contributed by atoms with Gasteiger partial charge in [-0.1, -0.05) is 6.92 Å². The average molecular weight is 829 g/mol. The van der Waals surface area contributed by atoms with Gasteiger partial charge in [0.1, 0.15) is 61.7 Å². The number of ether oxygens (including phenoxy) is 7. The maximum atomic E-state index is 13.2. The fraction of sp³-hybridized carbons (Fsp3) is 0.900. The van der Waals surface area contributed by atoms with Gasteiger partial charge in [0.25, 0.3) is 0 Å². The standard InChI is InChI=1S/C40H60O18/c1-18-34(58-35-32(48)30(46)26(16-53-35)57-36-33(49)31(47)29(45)25(14-41)56-36)24(43)12-28(54-18)55-20-3-8-38(17-42)22-4-7-37(2)21(19-11-27(44)52-15-19)6-10-40(37,51)23(22)5-9-39(38,50)13-20/h11,17-18,20-26,28-36,41,43,45-51H,3-10,12-16H2,1-2H3/t18-,20+,21-,22+,23-,24+,25-,26-,28+,29-,30+,31+,32-,33-,34-,35+,36+,37-,38+,39+,40+/m1/s1. The lowest BCUT2D eigenvalue weighted by Crippen LogP contribution is -2.69. The molecule has 18 nitrogen and oxygen atoms in total. The first-order valence-corrected chi connectivity index (χ1v) is 20.9. The van der Waals surface area contributed by atoms with Crippen molar-refractivity contribution < 1.29 is 88.7 Å². The number of fused-ring (bicyclic) bond motifs is 5. The van der Waals surface area contributed by atoms with Crippen LogP contribution in [0, 0.1) is 28.6 Å². The summed E-state index contributed by atoms with van der Waals surface area (Å²) in [5.74, 6) is -0.766. The molecule has 328 valence electrons. The number of esters is 1. The molecule has 58 heavy (non-hydrogen) atoms. The molecule has 8 aliphatic rings. The molecule has 4 aliphatic carbocycles. The van der Waals surface area contributed by atoms with Gasteiger partial charge in [0, 0.05) is 24.3 Å². The second-order valence-corrected chi connectivity index (χ2v) is 18.5. The summed E-state index contributed by atoms with van der Waals surface area (Å²) in [6, 6.07) is 0. The number of carbonyl (C=O) groups is 2. The second-order valence-electron chi connectivity index (χ2n) is 18.5. The van der Waals surface area contributed by atoms with Gasteiger partial charge in [0.2, 0.25) is 0 Å². The second kappa shape index (κ2) is 15.9. The predicted molar refractivity (Wildman–Crippen MR) is 193 cm³/mol. The molecule has 7 fully saturated rings. The van der Waals surface area contributed by atoms with Crippen molar-refractivity contribution in [1.29, 1.82) is 0 Å². The summed E-state index contributed by atoms with van der Waals surface area (Å²) in [5, 5.41) is 97.8. The van der Waals surface area contributed by atoms with Gasteiger partial charge in [-0.15, -0.1) is 0 Å². The van der Waals surface area contributed by atoms with E-state index in [-0.39, 0.29) is 49.8 Å². The Bertz CT molecular complexity index is 1550. The fourth-order valence-corrected chi connectivity index (χ4v) is 12.5. The zero-order chi connectivity index (χ0) is 41.5. The van der Waals surface area contributed by atoms with Crippen LogP contribution in [-0.4, -0.2) is 175 Å². The maximum Gasteiger partial charge on any atom is 0.331 e. The highest BCUT2D eigenvalue weighted by Crippen LogP contribution is 2.70. The molecule has 0 radical (unpaired) electrons. The fourth-order valence-electron chi connectivity index (χ4n) is 12.5. The highest BCUT2D eigenvalue weighted by atomic mass is 16.7. The number of hydrogen-bond donors (Lipinski definition) is 9. The molecular formula is C40H60O18. The third-order valence-electron chi connectivity index (χ3n) is 15.7. The van der Waals surface area contributed by atoms with Crippen molar-refractivity contribution in [3.8, 4) is 0 Å². The van der Waals surface area contributed by atoms with Crippen molar-refractivity contribution in [2.24, 2.45) is 28.6 Å². The minimum absolute atomic E-state index is 0.00668. The Morgan fingerprint density at radius 3 is 2.28 bits per heavy atom. The molecule has 0 aromatic heterocycles. The number of rotatable bonds is 9. The topological polar surface area (TPSA) is 281 Å². The van der Waals surface area contributed by atoms with Crippen LogP contribution >= 0.6 is 0 Å². The number of carbonyl (C=O) groups excluding carboxylic acids is 2. The molecule has 4 aliphatic heterocycles. The molecule has 8 rings (SSSR count). The molecule has 4 heterocycles. The first-order chi connectivity index (χ1) is 27.5. The zero-order valence-corrected chi connectivity index (χ0v) is 32.9. The number of aliphatic hydroxyl groups is 9. The van der Waals surface area contributed by atoms with Crippen LogP contribution in [0.2, 0.25) is 0 Å². The van der Waals surface area contributed by atoms with Crippen molar-refractivity contribution in [2.75, 3.05) is 19.8 Å². The summed E-state index contributed by atoms with van der Waals surface area (Å²) in [5.41, 5.74) is -3.06. The zero-order valence-electron chi connectivity index (χ0n) is 32.9. The Balaban J connectivity index is 0.858. The summed E-state index contributed by atoms with van der Waals surface area (Å²) < 4.78 is 40.2. The Kier molecular flexibility index (Phi) is 11.8. The lowest BCUT2D eigenvalue weighted by Gasteiger charge is -2.65. The average Bonchev–Trinajstić information content (AvgIpc) is 3.74. The van der Waals surface area contributed by atoms with Crippen LogP contribution in [0.4, 0.5) is 0 Å². The van der Waals surface area contributed by atoms with Gasteiger partial charge in [-0.25, -0.2) is 4.79 Å². The Labute approximate surface area is 336 Å². The summed E-state index contributed by atoms with van der Waals surface area (Å²) in [6.07, 6.45) is -11.3. The van der Waals surface area contributed by atoms with Crippen LogP contribution in [0.3, 0.4) is 0 Å². The predicted octanol–water partition coefficient (Wildman–Crippen LogP) is -1.93. The minimum atomic E-state index is -1.73. The highest BCUT2D eigenvalue weighted by molar-refractivity contribution is 5.85. The number of aldehydes is 1. The van der Waals surface area contributed by atoms with Crippen LogP contribution < -0.4 is 0 Å². The Hall–Kier alpha value is -1.72. The van der Waals surface area contributed by atoms with Gasteiger partial charge >= 0.3 is 5.97 Å². The van der Waals surface area contributed by atoms with E-state index in [2.05, 4.69) is 6.92 Å². The van der Waals surface area contributed by atoms with Gasteiger partial charge in [-0.05, 0) is 81.6 Å². The molecule has 0 unspecified atom stereocenters. The largest absolute Gasteiger partial charge is 0.458 e. The molecule has 9 N–H and O–H groups in total. The van der Waals surface area contributed by atoms with E-state index in [1.54, 1.807) is 13.0 Å². The van der Waals surface area contributed by atoms with Gasteiger partial charge in [0.05, 0.1) is 48.1 Å². The number of hydrogen-bond acceptors (Lipinski definition) is 18. The van der Waals surface area contributed by atoms with Crippen molar-refractivity contribution in [3.63, 3.8) is 0 Å². The van der Waals surface area contributed by atoms with E-state index in [0.29, 0.717) is 44.9 Å². The smallest absolute Gasteiger partial charge is 0.331 e. The van der Waals surface area contributed by atoms with Gasteiger partial charge in [-0.3, -0.25) is 0 Å².